The lowest BCUT2D eigenvalue weighted by Gasteiger charge is -2.35. The Kier molecular flexibility index (Phi) is 3.03. The number of aromatic nitrogens is 6. The van der Waals surface area contributed by atoms with Crippen LogP contribution < -0.4 is 5.32 Å². The van der Waals surface area contributed by atoms with E-state index in [4.69, 9.17) is 0 Å². The van der Waals surface area contributed by atoms with Crippen LogP contribution in [0.5, 0.6) is 0 Å². The summed E-state index contributed by atoms with van der Waals surface area (Å²) in [5.41, 5.74) is 3.95. The SMILES string of the molecule is Cc1cn2nc(-c3c[nH]c4nc(NC5CC(F)(F)C5)ncc34)ccc2n1. The van der Waals surface area contributed by atoms with Crippen LogP contribution in [-0.4, -0.2) is 41.5 Å². The number of anilines is 1. The molecule has 9 heteroatoms. The van der Waals surface area contributed by atoms with E-state index < -0.39 is 5.92 Å². The average Bonchev–Trinajstić information content (AvgIpc) is 3.14. The minimum atomic E-state index is -2.57. The number of nitrogens with zero attached hydrogens (tertiary/aromatic N) is 5. The standard InChI is InChI=1S/C17H15F2N7/c1-9-8-26-14(22-9)3-2-13(25-26)11-6-20-15-12(11)7-21-16(24-15)23-10-4-17(18,19)5-10/h2-3,6-8,10H,4-5H2,1H3,(H2,20,21,23,24). The number of halogens is 2. The van der Waals surface area contributed by atoms with E-state index in [0.29, 0.717) is 11.6 Å². The van der Waals surface area contributed by atoms with Crippen molar-refractivity contribution in [1.82, 2.24) is 29.5 Å². The molecule has 0 radical (unpaired) electrons. The smallest absolute Gasteiger partial charge is 0.252 e. The van der Waals surface area contributed by atoms with Crippen molar-refractivity contribution in [3.63, 3.8) is 0 Å². The Labute approximate surface area is 146 Å². The lowest BCUT2D eigenvalue weighted by atomic mass is 9.88. The third-order valence-corrected chi connectivity index (χ3v) is 4.57. The van der Waals surface area contributed by atoms with Crippen LogP contribution in [0.2, 0.25) is 0 Å². The Balaban J connectivity index is 1.47. The molecule has 1 fully saturated rings. The Morgan fingerprint density at radius 2 is 2.12 bits per heavy atom. The zero-order valence-electron chi connectivity index (χ0n) is 13.9. The molecule has 26 heavy (non-hydrogen) atoms. The minimum Gasteiger partial charge on any atom is -0.351 e. The maximum Gasteiger partial charge on any atom is 0.252 e. The number of hydrogen-bond acceptors (Lipinski definition) is 5. The van der Waals surface area contributed by atoms with Gasteiger partial charge in [-0.2, -0.15) is 10.1 Å². The molecule has 4 heterocycles. The van der Waals surface area contributed by atoms with Crippen LogP contribution in [0.1, 0.15) is 18.5 Å². The number of nitrogens with one attached hydrogen (secondary N) is 2. The van der Waals surface area contributed by atoms with Gasteiger partial charge in [0.25, 0.3) is 5.92 Å². The molecule has 2 N–H and O–H groups in total. The van der Waals surface area contributed by atoms with E-state index >= 15 is 0 Å². The molecule has 132 valence electrons. The van der Waals surface area contributed by atoms with Gasteiger partial charge in [0.2, 0.25) is 5.95 Å². The summed E-state index contributed by atoms with van der Waals surface area (Å²) in [6.45, 7) is 1.92. The number of aryl methyl sites for hydroxylation is 1. The zero-order valence-corrected chi connectivity index (χ0v) is 13.9. The fourth-order valence-electron chi connectivity index (χ4n) is 3.28. The number of aromatic amines is 1. The molecule has 1 aliphatic rings. The van der Waals surface area contributed by atoms with Gasteiger partial charge in [-0.3, -0.25) is 0 Å². The summed E-state index contributed by atoms with van der Waals surface area (Å²) in [5.74, 6) is -2.22. The number of hydrogen-bond donors (Lipinski definition) is 2. The van der Waals surface area contributed by atoms with Crippen LogP contribution >= 0.6 is 0 Å². The molecule has 0 aliphatic heterocycles. The summed E-state index contributed by atoms with van der Waals surface area (Å²) >= 11 is 0. The van der Waals surface area contributed by atoms with Crippen molar-refractivity contribution in [3.8, 4) is 11.3 Å². The first-order valence-corrected chi connectivity index (χ1v) is 8.29. The molecule has 0 bridgehead atoms. The maximum atomic E-state index is 12.9. The fraction of sp³-hybridized carbons (Fsp3) is 0.294. The normalized spacial score (nSPS) is 16.9. The second kappa shape index (κ2) is 5.20. The van der Waals surface area contributed by atoms with E-state index in [1.807, 2.05) is 31.5 Å². The molecule has 0 atom stereocenters. The van der Waals surface area contributed by atoms with E-state index in [1.165, 1.54) is 0 Å². The molecule has 0 aromatic carbocycles. The highest BCUT2D eigenvalue weighted by Gasteiger charge is 2.45. The zero-order chi connectivity index (χ0) is 17.9. The van der Waals surface area contributed by atoms with E-state index in [2.05, 4.69) is 30.4 Å². The molecular formula is C17H15F2N7. The number of imidazole rings is 1. The first-order valence-electron chi connectivity index (χ1n) is 8.29. The Morgan fingerprint density at radius 1 is 1.27 bits per heavy atom. The average molecular weight is 355 g/mol. The summed E-state index contributed by atoms with van der Waals surface area (Å²) < 4.78 is 27.6. The second-order valence-electron chi connectivity index (χ2n) is 6.67. The molecule has 4 aromatic rings. The van der Waals surface area contributed by atoms with Crippen molar-refractivity contribution < 1.29 is 8.78 Å². The van der Waals surface area contributed by atoms with Crippen LogP contribution in [0.15, 0.2) is 30.7 Å². The largest absolute Gasteiger partial charge is 0.351 e. The molecule has 5 rings (SSSR count). The highest BCUT2D eigenvalue weighted by atomic mass is 19.3. The third kappa shape index (κ3) is 2.47. The number of rotatable bonds is 3. The molecule has 7 nitrogen and oxygen atoms in total. The van der Waals surface area contributed by atoms with Crippen LogP contribution in [0, 0.1) is 6.92 Å². The van der Waals surface area contributed by atoms with Gasteiger partial charge in [-0.25, -0.2) is 23.3 Å². The molecular weight excluding hydrogens is 340 g/mol. The van der Waals surface area contributed by atoms with Gasteiger partial charge >= 0.3 is 0 Å². The van der Waals surface area contributed by atoms with Gasteiger partial charge in [-0.15, -0.1) is 0 Å². The van der Waals surface area contributed by atoms with Crippen LogP contribution in [0.3, 0.4) is 0 Å². The van der Waals surface area contributed by atoms with Gasteiger partial charge in [0.05, 0.1) is 17.6 Å². The van der Waals surface area contributed by atoms with Crippen molar-refractivity contribution in [3.05, 3.63) is 36.4 Å². The lowest BCUT2D eigenvalue weighted by molar-refractivity contribution is -0.0794. The number of H-pyrrole nitrogens is 1. The molecule has 0 unspecified atom stereocenters. The highest BCUT2D eigenvalue weighted by Crippen LogP contribution is 2.38. The predicted molar refractivity (Wildman–Crippen MR) is 92.2 cm³/mol. The fourth-order valence-corrected chi connectivity index (χ4v) is 3.28. The number of fused-ring (bicyclic) bond motifs is 2. The van der Waals surface area contributed by atoms with E-state index in [1.54, 1.807) is 10.7 Å². The van der Waals surface area contributed by atoms with Crippen molar-refractivity contribution in [2.24, 2.45) is 0 Å². The summed E-state index contributed by atoms with van der Waals surface area (Å²) in [7, 11) is 0. The Morgan fingerprint density at radius 3 is 2.92 bits per heavy atom. The van der Waals surface area contributed by atoms with Crippen LogP contribution in [0.4, 0.5) is 14.7 Å². The summed E-state index contributed by atoms with van der Waals surface area (Å²) in [6, 6.07) is 3.51. The Hall–Kier alpha value is -3.10. The quantitative estimate of drug-likeness (QED) is 0.590. The van der Waals surface area contributed by atoms with Gasteiger partial charge < -0.3 is 10.3 Å². The molecule has 0 amide bonds. The summed E-state index contributed by atoms with van der Waals surface area (Å²) in [5, 5.41) is 8.35. The minimum absolute atomic E-state index is 0.182. The Bertz CT molecular complexity index is 1120. The van der Waals surface area contributed by atoms with Crippen molar-refractivity contribution in [2.75, 3.05) is 5.32 Å². The summed E-state index contributed by atoms with van der Waals surface area (Å²) in [6.07, 6.45) is 4.99. The highest BCUT2D eigenvalue weighted by molar-refractivity contribution is 5.92. The second-order valence-corrected chi connectivity index (χ2v) is 6.67. The van der Waals surface area contributed by atoms with Gasteiger partial charge in [-0.05, 0) is 19.1 Å². The monoisotopic (exact) mass is 355 g/mol. The topological polar surface area (TPSA) is 83.8 Å². The van der Waals surface area contributed by atoms with E-state index in [0.717, 1.165) is 28.0 Å². The van der Waals surface area contributed by atoms with Gasteiger partial charge in [0.1, 0.15) is 5.65 Å². The van der Waals surface area contributed by atoms with Crippen molar-refractivity contribution in [2.45, 2.75) is 31.7 Å². The lowest BCUT2D eigenvalue weighted by Crippen LogP contribution is -2.44. The maximum absolute atomic E-state index is 12.9. The molecule has 0 spiro atoms. The van der Waals surface area contributed by atoms with E-state index in [9.17, 15) is 8.78 Å². The van der Waals surface area contributed by atoms with E-state index in [-0.39, 0.29) is 18.9 Å². The molecule has 1 aliphatic carbocycles. The molecule has 4 aromatic heterocycles. The summed E-state index contributed by atoms with van der Waals surface area (Å²) in [4.78, 5) is 16.1. The first kappa shape index (κ1) is 15.2. The number of alkyl halides is 2. The van der Waals surface area contributed by atoms with Crippen LogP contribution in [0.25, 0.3) is 27.9 Å². The van der Waals surface area contributed by atoms with Gasteiger partial charge in [0.15, 0.2) is 5.65 Å². The third-order valence-electron chi connectivity index (χ3n) is 4.57. The van der Waals surface area contributed by atoms with Gasteiger partial charge in [-0.1, -0.05) is 0 Å². The molecule has 0 saturated heterocycles. The van der Waals surface area contributed by atoms with Crippen LogP contribution in [-0.2, 0) is 0 Å². The van der Waals surface area contributed by atoms with Gasteiger partial charge in [0, 0.05) is 42.2 Å². The van der Waals surface area contributed by atoms with Crippen molar-refractivity contribution in [1.29, 1.82) is 0 Å². The first-order chi connectivity index (χ1) is 12.5. The van der Waals surface area contributed by atoms with Crippen molar-refractivity contribution >= 4 is 22.6 Å². The molecule has 1 saturated carbocycles. The predicted octanol–water partition coefficient (Wildman–Crippen LogP) is 3.19.